The number of nitrogens with two attached hydrogens (primary N) is 1. The Bertz CT molecular complexity index is 483. The van der Waals surface area contributed by atoms with Gasteiger partial charge in [0.25, 0.3) is 0 Å². The average molecular weight is 287 g/mol. The van der Waals surface area contributed by atoms with E-state index >= 15 is 0 Å². The molecule has 1 fully saturated rings. The van der Waals surface area contributed by atoms with Crippen molar-refractivity contribution in [2.45, 2.75) is 58.2 Å². The molecular formula is C18H29N3. The summed E-state index contributed by atoms with van der Waals surface area (Å²) in [6.07, 6.45) is 5.13. The van der Waals surface area contributed by atoms with Crippen molar-refractivity contribution in [2.75, 3.05) is 25.4 Å². The molecule has 3 nitrogen and oxygen atoms in total. The summed E-state index contributed by atoms with van der Waals surface area (Å²) in [5, 5.41) is 0. The van der Waals surface area contributed by atoms with Crippen molar-refractivity contribution in [3.8, 4) is 0 Å². The molecule has 1 aromatic carbocycles. The second-order valence-electron chi connectivity index (χ2n) is 6.92. The topological polar surface area (TPSA) is 32.5 Å². The van der Waals surface area contributed by atoms with Crippen molar-refractivity contribution >= 4 is 5.69 Å². The first-order chi connectivity index (χ1) is 10.1. The van der Waals surface area contributed by atoms with Gasteiger partial charge in [-0.3, -0.25) is 4.90 Å². The van der Waals surface area contributed by atoms with Gasteiger partial charge in [-0.15, -0.1) is 0 Å². The second kappa shape index (κ2) is 6.37. The van der Waals surface area contributed by atoms with E-state index in [2.05, 4.69) is 41.8 Å². The van der Waals surface area contributed by atoms with Gasteiger partial charge in [0.15, 0.2) is 0 Å². The lowest BCUT2D eigenvalue weighted by molar-refractivity contribution is 0.157. The van der Waals surface area contributed by atoms with Gasteiger partial charge in [0, 0.05) is 30.9 Å². The third kappa shape index (κ3) is 3.24. The Labute approximate surface area is 129 Å². The van der Waals surface area contributed by atoms with Crippen LogP contribution in [0.1, 0.15) is 44.2 Å². The number of likely N-dealkylation sites (tertiary alicyclic amines) is 1. The lowest BCUT2D eigenvalue weighted by atomic mass is 9.95. The van der Waals surface area contributed by atoms with E-state index in [0.717, 1.165) is 24.7 Å². The van der Waals surface area contributed by atoms with E-state index in [9.17, 15) is 0 Å². The molecule has 2 N–H and O–H groups in total. The van der Waals surface area contributed by atoms with Crippen molar-refractivity contribution in [2.24, 2.45) is 0 Å². The van der Waals surface area contributed by atoms with E-state index in [-0.39, 0.29) is 0 Å². The van der Waals surface area contributed by atoms with Gasteiger partial charge in [0.1, 0.15) is 0 Å². The largest absolute Gasteiger partial charge is 0.398 e. The molecule has 0 aliphatic carbocycles. The minimum absolute atomic E-state index is 0.682. The van der Waals surface area contributed by atoms with Crippen molar-refractivity contribution in [1.29, 1.82) is 0 Å². The van der Waals surface area contributed by atoms with Crippen LogP contribution in [0.2, 0.25) is 0 Å². The first-order valence-corrected chi connectivity index (χ1v) is 8.49. The van der Waals surface area contributed by atoms with Crippen LogP contribution in [0.5, 0.6) is 0 Å². The van der Waals surface area contributed by atoms with Crippen molar-refractivity contribution < 1.29 is 0 Å². The molecule has 0 saturated carbocycles. The number of hydrogen-bond acceptors (Lipinski definition) is 3. The first kappa shape index (κ1) is 14.9. The predicted octanol–water partition coefficient (Wildman–Crippen LogP) is 2.89. The standard InChI is InChI=1S/C18H29N3/c1-14(2)20-10-4-6-16(9-12-20)21-11-8-15-5-3-7-18(19)17(15)13-21/h3,5,7,14,16H,4,6,8-13,19H2,1-2H3. The van der Waals surface area contributed by atoms with E-state index in [4.69, 9.17) is 5.73 Å². The van der Waals surface area contributed by atoms with Crippen molar-refractivity contribution in [3.05, 3.63) is 29.3 Å². The molecule has 2 aliphatic rings. The van der Waals surface area contributed by atoms with E-state index in [0.29, 0.717) is 6.04 Å². The minimum Gasteiger partial charge on any atom is -0.398 e. The molecule has 3 heteroatoms. The predicted molar refractivity (Wildman–Crippen MR) is 89.3 cm³/mol. The molecule has 21 heavy (non-hydrogen) atoms. The number of fused-ring (bicyclic) bond motifs is 1. The molecule has 0 spiro atoms. The van der Waals surface area contributed by atoms with Crippen LogP contribution in [0.3, 0.4) is 0 Å². The summed E-state index contributed by atoms with van der Waals surface area (Å²) in [4.78, 5) is 5.31. The Morgan fingerprint density at radius 2 is 2.00 bits per heavy atom. The lowest BCUT2D eigenvalue weighted by Crippen LogP contribution is -2.40. The monoisotopic (exact) mass is 287 g/mol. The Balaban J connectivity index is 1.67. The van der Waals surface area contributed by atoms with Crippen LogP contribution in [0.25, 0.3) is 0 Å². The summed E-state index contributed by atoms with van der Waals surface area (Å²) in [6, 6.07) is 7.81. The molecule has 1 saturated heterocycles. The Hall–Kier alpha value is -1.06. The molecule has 0 radical (unpaired) electrons. The van der Waals surface area contributed by atoms with Gasteiger partial charge in [-0.05, 0) is 69.8 Å². The highest BCUT2D eigenvalue weighted by Gasteiger charge is 2.27. The lowest BCUT2D eigenvalue weighted by Gasteiger charge is -2.36. The zero-order chi connectivity index (χ0) is 14.8. The smallest absolute Gasteiger partial charge is 0.0362 e. The minimum atomic E-state index is 0.682. The van der Waals surface area contributed by atoms with Gasteiger partial charge in [0.2, 0.25) is 0 Å². The maximum absolute atomic E-state index is 6.19. The molecule has 0 bridgehead atoms. The maximum atomic E-state index is 6.19. The third-order valence-electron chi connectivity index (χ3n) is 5.32. The van der Waals surface area contributed by atoms with Crippen LogP contribution in [0, 0.1) is 0 Å². The summed E-state index contributed by atoms with van der Waals surface area (Å²) in [5.74, 6) is 0. The molecule has 3 rings (SSSR count). The fourth-order valence-electron chi connectivity index (χ4n) is 3.92. The van der Waals surface area contributed by atoms with E-state index in [1.165, 1.54) is 50.0 Å². The molecule has 2 heterocycles. The zero-order valence-electron chi connectivity index (χ0n) is 13.5. The highest BCUT2D eigenvalue weighted by atomic mass is 15.2. The Morgan fingerprint density at radius 1 is 1.14 bits per heavy atom. The van der Waals surface area contributed by atoms with Crippen LogP contribution in [-0.4, -0.2) is 41.5 Å². The molecule has 0 aromatic heterocycles. The number of hydrogen-bond donors (Lipinski definition) is 1. The number of nitrogen functional groups attached to an aromatic ring is 1. The van der Waals surface area contributed by atoms with Gasteiger partial charge in [-0.2, -0.15) is 0 Å². The number of anilines is 1. The fraction of sp³-hybridized carbons (Fsp3) is 0.667. The van der Waals surface area contributed by atoms with Gasteiger partial charge in [0.05, 0.1) is 0 Å². The van der Waals surface area contributed by atoms with Gasteiger partial charge >= 0.3 is 0 Å². The molecular weight excluding hydrogens is 258 g/mol. The van der Waals surface area contributed by atoms with Crippen LogP contribution in [-0.2, 0) is 13.0 Å². The van der Waals surface area contributed by atoms with Crippen LogP contribution in [0.15, 0.2) is 18.2 Å². The summed E-state index contributed by atoms with van der Waals surface area (Å²) >= 11 is 0. The van der Waals surface area contributed by atoms with Gasteiger partial charge in [-0.25, -0.2) is 0 Å². The molecule has 0 amide bonds. The van der Waals surface area contributed by atoms with E-state index in [1.54, 1.807) is 0 Å². The van der Waals surface area contributed by atoms with Crippen LogP contribution in [0.4, 0.5) is 5.69 Å². The quantitative estimate of drug-likeness (QED) is 0.849. The molecule has 1 unspecified atom stereocenters. The van der Waals surface area contributed by atoms with E-state index in [1.807, 2.05) is 0 Å². The van der Waals surface area contributed by atoms with Crippen molar-refractivity contribution in [1.82, 2.24) is 9.80 Å². The summed E-state index contributed by atoms with van der Waals surface area (Å²) in [5.41, 5.74) is 10.0. The Kier molecular flexibility index (Phi) is 4.51. The molecule has 1 atom stereocenters. The van der Waals surface area contributed by atoms with E-state index < -0.39 is 0 Å². The van der Waals surface area contributed by atoms with Crippen molar-refractivity contribution in [3.63, 3.8) is 0 Å². The fourth-order valence-corrected chi connectivity index (χ4v) is 3.92. The average Bonchev–Trinajstić information content (AvgIpc) is 2.73. The van der Waals surface area contributed by atoms with Gasteiger partial charge in [-0.1, -0.05) is 12.1 Å². The zero-order valence-corrected chi connectivity index (χ0v) is 13.5. The molecule has 2 aliphatic heterocycles. The normalized spacial score (nSPS) is 24.8. The van der Waals surface area contributed by atoms with Gasteiger partial charge < -0.3 is 10.6 Å². The first-order valence-electron chi connectivity index (χ1n) is 8.49. The molecule has 116 valence electrons. The highest BCUT2D eigenvalue weighted by Crippen LogP contribution is 2.28. The maximum Gasteiger partial charge on any atom is 0.0362 e. The summed E-state index contributed by atoms with van der Waals surface area (Å²) in [7, 11) is 0. The summed E-state index contributed by atoms with van der Waals surface area (Å²) in [6.45, 7) is 9.39. The number of nitrogens with zero attached hydrogens (tertiary/aromatic N) is 2. The number of benzene rings is 1. The van der Waals surface area contributed by atoms with Crippen LogP contribution < -0.4 is 5.73 Å². The number of rotatable bonds is 2. The van der Waals surface area contributed by atoms with Crippen LogP contribution >= 0.6 is 0 Å². The summed E-state index contributed by atoms with van der Waals surface area (Å²) < 4.78 is 0. The third-order valence-corrected chi connectivity index (χ3v) is 5.32. The Morgan fingerprint density at radius 3 is 2.81 bits per heavy atom. The second-order valence-corrected chi connectivity index (χ2v) is 6.92. The highest BCUT2D eigenvalue weighted by molar-refractivity contribution is 5.51. The molecule has 1 aromatic rings. The SMILES string of the molecule is CC(C)N1CCCC(N2CCc3cccc(N)c3C2)CC1.